The first-order valence-corrected chi connectivity index (χ1v) is 7.34. The van der Waals surface area contributed by atoms with Gasteiger partial charge in [-0.15, -0.1) is 0 Å². The zero-order valence-electron chi connectivity index (χ0n) is 12.4. The first kappa shape index (κ1) is 15.6. The monoisotopic (exact) mass is 307 g/mol. The van der Waals surface area contributed by atoms with Crippen molar-refractivity contribution >= 4 is 17.3 Å². The maximum Gasteiger partial charge on any atom is 0.142 e. The second-order valence-corrected chi connectivity index (χ2v) is 5.37. The largest absolute Gasteiger partial charge is 0.492 e. The van der Waals surface area contributed by atoms with Gasteiger partial charge < -0.3 is 10.1 Å². The van der Waals surface area contributed by atoms with Gasteiger partial charge in [0.1, 0.15) is 11.6 Å². The second kappa shape index (κ2) is 6.81. The van der Waals surface area contributed by atoms with Crippen LogP contribution in [0.2, 0.25) is 5.02 Å². The number of hydrogen-bond acceptors (Lipinski definition) is 2. The van der Waals surface area contributed by atoms with Gasteiger partial charge >= 0.3 is 0 Å². The molecule has 0 amide bonds. The number of nitrogens with one attached hydrogen (secondary N) is 1. The maximum atomic E-state index is 13.1. The van der Waals surface area contributed by atoms with Gasteiger partial charge in [0.05, 0.1) is 18.3 Å². The SMILES string of the molecule is CCOc1cc(C)ccc1NC(C)c1ccc(F)cc1Cl. The molecule has 2 aromatic carbocycles. The van der Waals surface area contributed by atoms with E-state index in [1.807, 2.05) is 39.0 Å². The Bertz CT molecular complexity index is 630. The molecule has 0 radical (unpaired) electrons. The molecule has 0 aliphatic rings. The third-order valence-electron chi connectivity index (χ3n) is 3.24. The van der Waals surface area contributed by atoms with E-state index in [0.717, 1.165) is 22.6 Å². The summed E-state index contributed by atoms with van der Waals surface area (Å²) in [6.07, 6.45) is 0. The van der Waals surface area contributed by atoms with Crippen molar-refractivity contribution in [3.8, 4) is 5.75 Å². The van der Waals surface area contributed by atoms with Crippen molar-refractivity contribution < 1.29 is 9.13 Å². The Morgan fingerprint density at radius 1 is 1.24 bits per heavy atom. The highest BCUT2D eigenvalue weighted by molar-refractivity contribution is 6.31. The summed E-state index contributed by atoms with van der Waals surface area (Å²) in [5.41, 5.74) is 2.88. The van der Waals surface area contributed by atoms with Gasteiger partial charge in [0.2, 0.25) is 0 Å². The standard InChI is InChI=1S/C17H19ClFNO/c1-4-21-17-9-11(2)5-8-16(17)20-12(3)14-7-6-13(19)10-15(14)18/h5-10,12,20H,4H2,1-3H3. The number of anilines is 1. The van der Waals surface area contributed by atoms with E-state index in [1.165, 1.54) is 12.1 Å². The molecule has 0 saturated heterocycles. The summed E-state index contributed by atoms with van der Waals surface area (Å²) in [7, 11) is 0. The van der Waals surface area contributed by atoms with Gasteiger partial charge in [-0.1, -0.05) is 23.7 Å². The fraction of sp³-hybridized carbons (Fsp3) is 0.294. The molecule has 2 aromatic rings. The molecule has 112 valence electrons. The Morgan fingerprint density at radius 3 is 2.67 bits per heavy atom. The lowest BCUT2D eigenvalue weighted by molar-refractivity contribution is 0.341. The van der Waals surface area contributed by atoms with Gasteiger partial charge in [0.15, 0.2) is 0 Å². The van der Waals surface area contributed by atoms with E-state index in [9.17, 15) is 4.39 Å². The summed E-state index contributed by atoms with van der Waals surface area (Å²) >= 11 is 6.11. The predicted molar refractivity (Wildman–Crippen MR) is 85.8 cm³/mol. The van der Waals surface area contributed by atoms with Gasteiger partial charge in [0.25, 0.3) is 0 Å². The molecule has 0 bridgehead atoms. The van der Waals surface area contributed by atoms with Gasteiger partial charge in [0, 0.05) is 5.02 Å². The van der Waals surface area contributed by atoms with Crippen molar-refractivity contribution in [1.82, 2.24) is 0 Å². The number of halogens is 2. The second-order valence-electron chi connectivity index (χ2n) is 4.96. The van der Waals surface area contributed by atoms with Crippen LogP contribution in [-0.4, -0.2) is 6.61 Å². The topological polar surface area (TPSA) is 21.3 Å². The van der Waals surface area contributed by atoms with Crippen LogP contribution in [0.15, 0.2) is 36.4 Å². The lowest BCUT2D eigenvalue weighted by Gasteiger charge is -2.20. The van der Waals surface area contributed by atoms with E-state index in [0.29, 0.717) is 11.6 Å². The lowest BCUT2D eigenvalue weighted by atomic mass is 10.1. The minimum absolute atomic E-state index is 0.0555. The number of aryl methyl sites for hydroxylation is 1. The van der Waals surface area contributed by atoms with E-state index in [-0.39, 0.29) is 11.9 Å². The average molecular weight is 308 g/mol. The summed E-state index contributed by atoms with van der Waals surface area (Å²) in [5, 5.41) is 3.78. The number of ether oxygens (including phenoxy) is 1. The van der Waals surface area contributed by atoms with Crippen molar-refractivity contribution in [2.75, 3.05) is 11.9 Å². The molecule has 21 heavy (non-hydrogen) atoms. The van der Waals surface area contributed by atoms with E-state index in [4.69, 9.17) is 16.3 Å². The third kappa shape index (κ3) is 3.88. The van der Waals surface area contributed by atoms with Crippen molar-refractivity contribution in [2.45, 2.75) is 26.8 Å². The Labute approximate surface area is 129 Å². The molecular formula is C17H19ClFNO. The average Bonchev–Trinajstić information content (AvgIpc) is 2.42. The number of hydrogen-bond donors (Lipinski definition) is 1. The lowest BCUT2D eigenvalue weighted by Crippen LogP contribution is -2.09. The van der Waals surface area contributed by atoms with Crippen LogP contribution in [0.5, 0.6) is 5.75 Å². The van der Waals surface area contributed by atoms with Crippen LogP contribution in [-0.2, 0) is 0 Å². The molecular weight excluding hydrogens is 289 g/mol. The molecule has 1 N–H and O–H groups in total. The van der Waals surface area contributed by atoms with Gasteiger partial charge in [-0.25, -0.2) is 4.39 Å². The molecule has 2 rings (SSSR count). The van der Waals surface area contributed by atoms with Gasteiger partial charge in [-0.2, -0.15) is 0 Å². The Balaban J connectivity index is 2.24. The van der Waals surface area contributed by atoms with Crippen LogP contribution in [0.3, 0.4) is 0 Å². The molecule has 0 aliphatic heterocycles. The Morgan fingerprint density at radius 2 is 2.00 bits per heavy atom. The van der Waals surface area contributed by atoms with Crippen LogP contribution in [0.4, 0.5) is 10.1 Å². The molecule has 0 spiro atoms. The fourth-order valence-corrected chi connectivity index (χ4v) is 2.52. The van der Waals surface area contributed by atoms with Crippen LogP contribution in [0.25, 0.3) is 0 Å². The molecule has 0 fully saturated rings. The molecule has 0 saturated carbocycles. The minimum atomic E-state index is -0.332. The highest BCUT2D eigenvalue weighted by Gasteiger charge is 2.13. The molecule has 0 aliphatic carbocycles. The first-order valence-electron chi connectivity index (χ1n) is 6.96. The molecule has 0 heterocycles. The normalized spacial score (nSPS) is 12.0. The van der Waals surface area contributed by atoms with E-state index in [2.05, 4.69) is 5.32 Å². The molecule has 1 atom stereocenters. The summed E-state index contributed by atoms with van der Waals surface area (Å²) in [4.78, 5) is 0. The quantitative estimate of drug-likeness (QED) is 0.803. The predicted octanol–water partition coefficient (Wildman–Crippen LogP) is 5.36. The highest BCUT2D eigenvalue weighted by atomic mass is 35.5. The number of benzene rings is 2. The summed E-state index contributed by atoms with van der Waals surface area (Å²) in [6.45, 7) is 6.55. The third-order valence-corrected chi connectivity index (χ3v) is 3.57. The molecule has 1 unspecified atom stereocenters. The van der Waals surface area contributed by atoms with E-state index < -0.39 is 0 Å². The van der Waals surface area contributed by atoms with Crippen molar-refractivity contribution in [1.29, 1.82) is 0 Å². The Hall–Kier alpha value is -1.74. The zero-order valence-corrected chi connectivity index (χ0v) is 13.2. The van der Waals surface area contributed by atoms with Crippen LogP contribution in [0.1, 0.15) is 31.0 Å². The van der Waals surface area contributed by atoms with Crippen LogP contribution in [0, 0.1) is 12.7 Å². The van der Waals surface area contributed by atoms with Crippen molar-refractivity contribution in [3.63, 3.8) is 0 Å². The summed E-state index contributed by atoms with van der Waals surface area (Å²) in [6, 6.07) is 10.4. The van der Waals surface area contributed by atoms with Gasteiger partial charge in [-0.3, -0.25) is 0 Å². The zero-order chi connectivity index (χ0) is 15.4. The van der Waals surface area contributed by atoms with Crippen LogP contribution >= 0.6 is 11.6 Å². The summed E-state index contributed by atoms with van der Waals surface area (Å²) < 4.78 is 18.8. The summed E-state index contributed by atoms with van der Waals surface area (Å²) in [5.74, 6) is 0.476. The van der Waals surface area contributed by atoms with Crippen molar-refractivity contribution in [3.05, 3.63) is 58.4 Å². The fourth-order valence-electron chi connectivity index (χ4n) is 2.19. The maximum absolute atomic E-state index is 13.1. The van der Waals surface area contributed by atoms with Crippen LogP contribution < -0.4 is 10.1 Å². The molecule has 2 nitrogen and oxygen atoms in total. The molecule has 0 aromatic heterocycles. The smallest absolute Gasteiger partial charge is 0.142 e. The van der Waals surface area contributed by atoms with Gasteiger partial charge in [-0.05, 0) is 56.2 Å². The minimum Gasteiger partial charge on any atom is -0.492 e. The Kier molecular flexibility index (Phi) is 5.07. The number of rotatable bonds is 5. The van der Waals surface area contributed by atoms with Crippen molar-refractivity contribution in [2.24, 2.45) is 0 Å². The molecule has 4 heteroatoms. The van der Waals surface area contributed by atoms with E-state index >= 15 is 0 Å². The first-order chi connectivity index (χ1) is 10.0. The highest BCUT2D eigenvalue weighted by Crippen LogP contribution is 2.31. The van der Waals surface area contributed by atoms with E-state index in [1.54, 1.807) is 6.07 Å².